The molecule has 5 aromatic rings. The Morgan fingerprint density at radius 2 is 1.94 bits per heavy atom. The predicted molar refractivity (Wildman–Crippen MR) is 138 cm³/mol. The summed E-state index contributed by atoms with van der Waals surface area (Å²) >= 11 is 6.12. The summed E-state index contributed by atoms with van der Waals surface area (Å²) in [5.74, 6) is 0.534. The topological polar surface area (TPSA) is 113 Å². The summed E-state index contributed by atoms with van der Waals surface area (Å²) in [6.07, 6.45) is 1.02. The average molecular weight is 503 g/mol. The summed E-state index contributed by atoms with van der Waals surface area (Å²) in [6, 6.07) is 18.3. The van der Waals surface area contributed by atoms with E-state index in [0.29, 0.717) is 32.8 Å². The molecule has 2 heterocycles. The fourth-order valence-electron chi connectivity index (χ4n) is 3.79. The van der Waals surface area contributed by atoms with Gasteiger partial charge in [0.1, 0.15) is 5.58 Å². The number of fused-ring (bicyclic) bond motifs is 2. The lowest BCUT2D eigenvalue weighted by Gasteiger charge is -2.12. The van der Waals surface area contributed by atoms with Crippen molar-refractivity contribution in [2.75, 3.05) is 0 Å². The van der Waals surface area contributed by atoms with Crippen LogP contribution in [0.15, 0.2) is 81.0 Å². The van der Waals surface area contributed by atoms with Crippen molar-refractivity contribution < 1.29 is 14.1 Å². The normalized spacial score (nSPS) is 11.7. The largest absolute Gasteiger partial charge is 0.484 e. The molecule has 0 saturated heterocycles. The molecule has 0 aliphatic rings. The number of aromatic nitrogens is 2. The molecule has 0 radical (unpaired) electrons. The predicted octanol–water partition coefficient (Wildman–Crippen LogP) is 6.04. The zero-order valence-electron chi connectivity index (χ0n) is 19.2. The van der Waals surface area contributed by atoms with Crippen LogP contribution in [-0.2, 0) is 0 Å². The molecule has 10 heteroatoms. The van der Waals surface area contributed by atoms with Crippen LogP contribution in [0.2, 0.25) is 5.02 Å². The van der Waals surface area contributed by atoms with Crippen LogP contribution in [0.25, 0.3) is 33.5 Å². The highest BCUT2D eigenvalue weighted by atomic mass is 35.5. The Morgan fingerprint density at radius 1 is 1.14 bits per heavy atom. The minimum absolute atomic E-state index is 0.0583. The highest BCUT2D eigenvalue weighted by Crippen LogP contribution is 2.32. The van der Waals surface area contributed by atoms with Crippen molar-refractivity contribution in [3.8, 4) is 17.3 Å². The van der Waals surface area contributed by atoms with Crippen molar-refractivity contribution in [2.45, 2.75) is 20.0 Å². The van der Waals surface area contributed by atoms with Gasteiger partial charge in [0.2, 0.25) is 11.6 Å². The molecule has 0 fully saturated rings. The molecular weight excluding hydrogens is 484 g/mol. The third kappa shape index (κ3) is 4.32. The molecule has 9 nitrogen and oxygen atoms in total. The van der Waals surface area contributed by atoms with Gasteiger partial charge in [-0.3, -0.25) is 14.9 Å². The molecule has 180 valence electrons. The fraction of sp³-hybridized carbons (Fsp3) is 0.115. The lowest BCUT2D eigenvalue weighted by atomic mass is 10.2. The molecule has 2 aromatic heterocycles. The Labute approximate surface area is 209 Å². The number of rotatable bonds is 6. The van der Waals surface area contributed by atoms with Gasteiger partial charge < -0.3 is 9.15 Å². The number of nitro groups is 1. The quantitative estimate of drug-likeness (QED) is 0.159. The highest BCUT2D eigenvalue weighted by Gasteiger charge is 2.20. The van der Waals surface area contributed by atoms with Crippen molar-refractivity contribution in [1.82, 2.24) is 9.66 Å². The summed E-state index contributed by atoms with van der Waals surface area (Å²) in [6.45, 7) is 3.53. The minimum atomic E-state index is -0.524. The van der Waals surface area contributed by atoms with E-state index in [1.54, 1.807) is 68.4 Å². The van der Waals surface area contributed by atoms with Crippen molar-refractivity contribution >= 4 is 45.4 Å². The molecule has 5 rings (SSSR count). The Hall–Kier alpha value is -4.50. The maximum Gasteiger partial charge on any atom is 0.311 e. The molecule has 36 heavy (non-hydrogen) atoms. The van der Waals surface area contributed by atoms with E-state index < -0.39 is 10.5 Å². The van der Waals surface area contributed by atoms with Gasteiger partial charge in [-0.2, -0.15) is 9.78 Å². The van der Waals surface area contributed by atoms with Gasteiger partial charge in [-0.05, 0) is 56.3 Å². The zero-order valence-corrected chi connectivity index (χ0v) is 20.0. The summed E-state index contributed by atoms with van der Waals surface area (Å²) in [5, 5.41) is 17.6. The van der Waals surface area contributed by atoms with Crippen LogP contribution in [0.3, 0.4) is 0 Å². The molecule has 0 N–H and O–H groups in total. The third-order valence-electron chi connectivity index (χ3n) is 5.34. The maximum atomic E-state index is 13.5. The second-order valence-electron chi connectivity index (χ2n) is 8.23. The van der Waals surface area contributed by atoms with E-state index >= 15 is 0 Å². The van der Waals surface area contributed by atoms with Gasteiger partial charge in [0.05, 0.1) is 28.1 Å². The maximum absolute atomic E-state index is 13.5. The molecule has 0 aliphatic carbocycles. The van der Waals surface area contributed by atoms with Crippen LogP contribution >= 0.6 is 11.6 Å². The van der Waals surface area contributed by atoms with Gasteiger partial charge in [-0.1, -0.05) is 29.8 Å². The highest BCUT2D eigenvalue weighted by molar-refractivity contribution is 6.31. The zero-order chi connectivity index (χ0) is 25.4. The first-order chi connectivity index (χ1) is 17.3. The van der Waals surface area contributed by atoms with Gasteiger partial charge >= 0.3 is 5.69 Å². The number of ether oxygens (including phenoxy) is 1. The van der Waals surface area contributed by atoms with Gasteiger partial charge in [-0.15, -0.1) is 0 Å². The first kappa shape index (κ1) is 23.3. The van der Waals surface area contributed by atoms with E-state index in [1.807, 2.05) is 0 Å². The Morgan fingerprint density at radius 3 is 2.72 bits per heavy atom. The van der Waals surface area contributed by atoms with E-state index in [1.165, 1.54) is 18.3 Å². The van der Waals surface area contributed by atoms with Crippen molar-refractivity contribution in [2.24, 2.45) is 5.10 Å². The molecule has 0 saturated carbocycles. The Kier molecular flexibility index (Phi) is 5.99. The standard InChI is InChI=1S/C26H19ClN4O5/c1-15(2)35-24-16(6-5-9-21(24)31(33)34)14-28-30-25(29-20-8-4-3-7-19(20)26(30)32)23-13-17-12-18(27)10-11-22(17)36-23/h3-15H,1-2H3. The number of benzene rings is 3. The molecule has 0 amide bonds. The number of halogens is 1. The van der Waals surface area contributed by atoms with Gasteiger partial charge in [0.25, 0.3) is 5.56 Å². The first-order valence-electron chi connectivity index (χ1n) is 11.0. The number of hydrogen-bond donors (Lipinski definition) is 0. The SMILES string of the molecule is CC(C)Oc1c(C=Nn2c(-c3cc4cc(Cl)ccc4o3)nc3ccccc3c2=O)cccc1[N+](=O)[O-]. The van der Waals surface area contributed by atoms with E-state index in [-0.39, 0.29) is 23.4 Å². The molecule has 3 aromatic carbocycles. The van der Waals surface area contributed by atoms with Crippen molar-refractivity contribution in [3.05, 3.63) is 97.8 Å². The fourth-order valence-corrected chi connectivity index (χ4v) is 3.97. The monoisotopic (exact) mass is 502 g/mol. The van der Waals surface area contributed by atoms with Crippen molar-refractivity contribution in [3.63, 3.8) is 0 Å². The number of para-hydroxylation sites is 2. The van der Waals surface area contributed by atoms with Gasteiger partial charge in [-0.25, -0.2) is 4.98 Å². The van der Waals surface area contributed by atoms with E-state index in [4.69, 9.17) is 20.8 Å². The lowest BCUT2D eigenvalue weighted by Crippen LogP contribution is -2.20. The van der Waals surface area contributed by atoms with Crippen LogP contribution in [0, 0.1) is 10.1 Å². The molecule has 0 aliphatic heterocycles. The number of nitrogens with zero attached hydrogens (tertiary/aromatic N) is 4. The molecule has 0 unspecified atom stereocenters. The summed E-state index contributed by atoms with van der Waals surface area (Å²) in [4.78, 5) is 29.1. The second kappa shape index (κ2) is 9.27. The number of furan rings is 1. The smallest absolute Gasteiger partial charge is 0.311 e. The van der Waals surface area contributed by atoms with Crippen LogP contribution in [-0.4, -0.2) is 26.9 Å². The average Bonchev–Trinajstić information content (AvgIpc) is 3.26. The summed E-state index contributed by atoms with van der Waals surface area (Å²) in [5.41, 5.74) is 0.744. The Balaban J connectivity index is 1.72. The summed E-state index contributed by atoms with van der Waals surface area (Å²) in [7, 11) is 0. The van der Waals surface area contributed by atoms with Crippen LogP contribution in [0.1, 0.15) is 19.4 Å². The van der Waals surface area contributed by atoms with E-state index in [2.05, 4.69) is 10.1 Å². The molecule has 0 atom stereocenters. The van der Waals surface area contributed by atoms with Crippen LogP contribution < -0.4 is 10.3 Å². The second-order valence-corrected chi connectivity index (χ2v) is 8.66. The molecule has 0 spiro atoms. The Bertz CT molecular complexity index is 1720. The molecule has 0 bridgehead atoms. The van der Waals surface area contributed by atoms with Crippen LogP contribution in [0.5, 0.6) is 5.75 Å². The van der Waals surface area contributed by atoms with Gasteiger partial charge in [0.15, 0.2) is 5.76 Å². The van der Waals surface area contributed by atoms with E-state index in [0.717, 1.165) is 10.1 Å². The van der Waals surface area contributed by atoms with E-state index in [9.17, 15) is 14.9 Å². The van der Waals surface area contributed by atoms with Crippen LogP contribution in [0.4, 0.5) is 5.69 Å². The molecular formula is C26H19ClN4O5. The van der Waals surface area contributed by atoms with Gasteiger partial charge in [0, 0.05) is 22.0 Å². The summed E-state index contributed by atoms with van der Waals surface area (Å²) < 4.78 is 12.8. The number of nitro benzene ring substituents is 1. The minimum Gasteiger partial charge on any atom is -0.484 e. The number of hydrogen-bond acceptors (Lipinski definition) is 7. The first-order valence-corrected chi connectivity index (χ1v) is 11.4. The lowest BCUT2D eigenvalue weighted by molar-refractivity contribution is -0.386. The van der Waals surface area contributed by atoms with Crippen molar-refractivity contribution in [1.29, 1.82) is 0 Å². The third-order valence-corrected chi connectivity index (χ3v) is 5.57.